The highest BCUT2D eigenvalue weighted by atomic mass is 35.5. The molecule has 0 atom stereocenters. The number of nitrogens with one attached hydrogen (secondary N) is 3. The van der Waals surface area contributed by atoms with E-state index in [1.165, 1.54) is 4.68 Å². The van der Waals surface area contributed by atoms with Crippen molar-refractivity contribution in [3.05, 3.63) is 50.4 Å². The maximum atomic E-state index is 12.6. The van der Waals surface area contributed by atoms with Crippen molar-refractivity contribution in [2.75, 3.05) is 18.4 Å². The maximum absolute atomic E-state index is 12.6. The minimum absolute atomic E-state index is 0. The number of aromatic nitrogens is 4. The molecule has 156 valence electrons. The van der Waals surface area contributed by atoms with Gasteiger partial charge in [0.05, 0.1) is 28.4 Å². The quantitative estimate of drug-likeness (QED) is 0.467. The van der Waals surface area contributed by atoms with Gasteiger partial charge in [-0.15, -0.1) is 12.4 Å². The van der Waals surface area contributed by atoms with E-state index in [0.29, 0.717) is 46.4 Å². The smallest absolute Gasteiger partial charge is 0.278 e. The van der Waals surface area contributed by atoms with Crippen LogP contribution in [0.5, 0.6) is 0 Å². The van der Waals surface area contributed by atoms with E-state index in [0.717, 1.165) is 18.7 Å². The molecule has 0 radical (unpaired) electrons. The Balaban J connectivity index is 0.00000240. The Labute approximate surface area is 183 Å². The zero-order chi connectivity index (χ0) is 19.7. The first-order valence-electron chi connectivity index (χ1n) is 9.00. The molecular formula is C18H21Cl3N6O2. The molecular weight excluding hydrogens is 439 g/mol. The van der Waals surface area contributed by atoms with Crippen molar-refractivity contribution in [1.82, 2.24) is 25.1 Å². The van der Waals surface area contributed by atoms with Crippen LogP contribution in [0.4, 0.5) is 5.95 Å². The molecule has 1 fully saturated rings. The number of H-pyrrole nitrogens is 1. The van der Waals surface area contributed by atoms with Crippen molar-refractivity contribution in [2.24, 2.45) is 0 Å². The minimum Gasteiger partial charge on any atom is -0.388 e. The second kappa shape index (κ2) is 8.89. The van der Waals surface area contributed by atoms with Crippen LogP contribution in [0.3, 0.4) is 0 Å². The van der Waals surface area contributed by atoms with Crippen molar-refractivity contribution in [2.45, 2.75) is 31.5 Å². The third-order valence-corrected chi connectivity index (χ3v) is 5.66. The predicted octanol–water partition coefficient (Wildman–Crippen LogP) is 2.57. The van der Waals surface area contributed by atoms with E-state index in [1.54, 1.807) is 18.3 Å². The van der Waals surface area contributed by atoms with Gasteiger partial charge in [-0.25, -0.2) is 4.98 Å². The Morgan fingerprint density at radius 1 is 1.24 bits per heavy atom. The van der Waals surface area contributed by atoms with Crippen LogP contribution in [-0.4, -0.2) is 43.5 Å². The molecule has 4 N–H and O–H groups in total. The first-order valence-corrected chi connectivity index (χ1v) is 9.76. The van der Waals surface area contributed by atoms with Gasteiger partial charge in [-0.1, -0.05) is 29.3 Å². The number of hydrogen-bond acceptors (Lipinski definition) is 6. The van der Waals surface area contributed by atoms with Gasteiger partial charge < -0.3 is 15.7 Å². The summed E-state index contributed by atoms with van der Waals surface area (Å²) in [5.41, 5.74) is 0.545. The average molecular weight is 460 g/mol. The number of piperidine rings is 1. The number of fused-ring (bicyclic) bond motifs is 1. The van der Waals surface area contributed by atoms with E-state index in [4.69, 9.17) is 23.2 Å². The molecule has 29 heavy (non-hydrogen) atoms. The fraction of sp³-hybridized carbons (Fsp3) is 0.389. The number of nitrogens with zero attached hydrogens (tertiary/aromatic N) is 3. The van der Waals surface area contributed by atoms with Crippen molar-refractivity contribution in [3.63, 3.8) is 0 Å². The molecule has 1 saturated heterocycles. The fourth-order valence-electron chi connectivity index (χ4n) is 3.37. The highest BCUT2D eigenvalue weighted by Crippen LogP contribution is 2.23. The summed E-state index contributed by atoms with van der Waals surface area (Å²) in [5, 5.41) is 22.3. The van der Waals surface area contributed by atoms with E-state index in [2.05, 4.69) is 25.7 Å². The Morgan fingerprint density at radius 3 is 2.72 bits per heavy atom. The third kappa shape index (κ3) is 4.84. The second-order valence-electron chi connectivity index (χ2n) is 7.03. The van der Waals surface area contributed by atoms with E-state index in [-0.39, 0.29) is 24.5 Å². The monoisotopic (exact) mass is 458 g/mol. The van der Waals surface area contributed by atoms with Crippen LogP contribution in [-0.2, 0) is 13.1 Å². The molecule has 0 aliphatic carbocycles. The van der Waals surface area contributed by atoms with Crippen LogP contribution >= 0.6 is 35.6 Å². The van der Waals surface area contributed by atoms with E-state index >= 15 is 0 Å². The summed E-state index contributed by atoms with van der Waals surface area (Å²) < 4.78 is 1.54. The molecule has 4 rings (SSSR count). The van der Waals surface area contributed by atoms with Crippen LogP contribution in [0.2, 0.25) is 10.0 Å². The lowest BCUT2D eigenvalue weighted by molar-refractivity contribution is -0.00719. The molecule has 1 aromatic carbocycles. The van der Waals surface area contributed by atoms with E-state index in [9.17, 15) is 9.90 Å². The van der Waals surface area contributed by atoms with Crippen molar-refractivity contribution < 1.29 is 5.11 Å². The van der Waals surface area contributed by atoms with Gasteiger partial charge in [0.2, 0.25) is 5.95 Å². The van der Waals surface area contributed by atoms with Gasteiger partial charge >= 0.3 is 0 Å². The Kier molecular flexibility index (Phi) is 6.70. The molecule has 2 aromatic heterocycles. The van der Waals surface area contributed by atoms with Gasteiger partial charge in [-0.05, 0) is 43.6 Å². The average Bonchev–Trinajstić information content (AvgIpc) is 3.06. The highest BCUT2D eigenvalue weighted by Gasteiger charge is 2.30. The van der Waals surface area contributed by atoms with Crippen LogP contribution in [0.1, 0.15) is 18.4 Å². The summed E-state index contributed by atoms with van der Waals surface area (Å²) in [5.74, 6) is 0.337. The normalized spacial score (nSPS) is 15.8. The first-order chi connectivity index (χ1) is 13.4. The van der Waals surface area contributed by atoms with E-state index < -0.39 is 5.60 Å². The van der Waals surface area contributed by atoms with Crippen LogP contribution in [0, 0.1) is 0 Å². The molecule has 0 saturated carbocycles. The van der Waals surface area contributed by atoms with Crippen molar-refractivity contribution >= 4 is 52.6 Å². The van der Waals surface area contributed by atoms with Crippen molar-refractivity contribution in [3.8, 4) is 0 Å². The summed E-state index contributed by atoms with van der Waals surface area (Å²) in [6.07, 6.45) is 2.77. The summed E-state index contributed by atoms with van der Waals surface area (Å²) in [4.78, 5) is 19.8. The van der Waals surface area contributed by atoms with Gasteiger partial charge in [0.15, 0.2) is 5.52 Å². The molecule has 0 unspecified atom stereocenters. The minimum atomic E-state index is -0.874. The summed E-state index contributed by atoms with van der Waals surface area (Å²) >= 11 is 11.9. The summed E-state index contributed by atoms with van der Waals surface area (Å²) in [6.45, 7) is 2.17. The lowest BCUT2D eigenvalue weighted by atomic mass is 9.92. The number of benzene rings is 1. The topological polar surface area (TPSA) is 108 Å². The lowest BCUT2D eigenvalue weighted by Crippen LogP contribution is -2.45. The number of halogens is 3. The predicted molar refractivity (Wildman–Crippen MR) is 116 cm³/mol. The maximum Gasteiger partial charge on any atom is 0.278 e. The molecule has 0 amide bonds. The molecule has 8 nitrogen and oxygen atoms in total. The van der Waals surface area contributed by atoms with Crippen LogP contribution in [0.25, 0.3) is 11.0 Å². The van der Waals surface area contributed by atoms with Gasteiger partial charge in [0.1, 0.15) is 5.52 Å². The lowest BCUT2D eigenvalue weighted by Gasteiger charge is -2.32. The zero-order valence-corrected chi connectivity index (χ0v) is 17.7. The number of rotatable bonds is 5. The first kappa shape index (κ1) is 21.9. The molecule has 3 heterocycles. The molecule has 11 heteroatoms. The number of hydrogen-bond donors (Lipinski definition) is 4. The third-order valence-electron chi connectivity index (χ3n) is 4.92. The van der Waals surface area contributed by atoms with Crippen molar-refractivity contribution in [1.29, 1.82) is 0 Å². The molecule has 0 spiro atoms. The standard InChI is InChI=1S/C18H20Cl2N6O2.ClH/c19-12-2-1-11(7-13(12)20)8-22-17-24-14-9-23-26(15(14)16(27)25-17)10-18(28)3-5-21-6-4-18;/h1-2,7,9,21,28H,3-6,8,10H2,(H2,22,24,25,27);1H. The van der Waals surface area contributed by atoms with Gasteiger partial charge in [0.25, 0.3) is 5.56 Å². The summed E-state index contributed by atoms with van der Waals surface area (Å²) in [7, 11) is 0. The van der Waals surface area contributed by atoms with Gasteiger partial charge in [0, 0.05) is 6.54 Å². The number of aliphatic hydroxyl groups is 1. The van der Waals surface area contributed by atoms with E-state index in [1.807, 2.05) is 6.07 Å². The molecule has 3 aromatic rings. The Morgan fingerprint density at radius 2 is 2.00 bits per heavy atom. The SMILES string of the molecule is Cl.O=c1[nH]c(NCc2ccc(Cl)c(Cl)c2)nc2cnn(CC3(O)CCNCC3)c12. The number of anilines is 1. The second-order valence-corrected chi connectivity index (χ2v) is 7.84. The molecule has 1 aliphatic heterocycles. The molecule has 0 bridgehead atoms. The Hall–Kier alpha value is -1.84. The van der Waals surface area contributed by atoms with Gasteiger partial charge in [-0.2, -0.15) is 5.10 Å². The largest absolute Gasteiger partial charge is 0.388 e. The Bertz CT molecular complexity index is 1060. The summed E-state index contributed by atoms with van der Waals surface area (Å²) in [6, 6.07) is 5.32. The van der Waals surface area contributed by atoms with Crippen LogP contribution in [0.15, 0.2) is 29.2 Å². The highest BCUT2D eigenvalue weighted by molar-refractivity contribution is 6.42. The fourth-order valence-corrected chi connectivity index (χ4v) is 3.69. The van der Waals surface area contributed by atoms with Gasteiger partial charge in [-0.3, -0.25) is 14.5 Å². The number of aromatic amines is 1. The van der Waals surface area contributed by atoms with Crippen LogP contribution < -0.4 is 16.2 Å². The zero-order valence-electron chi connectivity index (χ0n) is 15.4. The molecule has 1 aliphatic rings.